The smallest absolute Gasteiger partial charge is 0.328 e. The zero-order valence-corrected chi connectivity index (χ0v) is 14.8. The highest BCUT2D eigenvalue weighted by Crippen LogP contribution is 2.22. The monoisotopic (exact) mass is 341 g/mol. The van der Waals surface area contributed by atoms with Crippen LogP contribution >= 0.6 is 0 Å². The predicted molar refractivity (Wildman–Crippen MR) is 91.0 cm³/mol. The van der Waals surface area contributed by atoms with Crippen LogP contribution in [0.4, 0.5) is 0 Å². The van der Waals surface area contributed by atoms with Crippen LogP contribution < -0.4 is 16.4 Å². The average molecular weight is 341 g/mol. The second kappa shape index (κ2) is 11.0. The second-order valence-corrected chi connectivity index (χ2v) is 6.60. The van der Waals surface area contributed by atoms with E-state index < -0.39 is 17.9 Å². The van der Waals surface area contributed by atoms with Crippen molar-refractivity contribution in [2.75, 3.05) is 20.2 Å². The molecule has 4 N–H and O–H groups in total. The lowest BCUT2D eigenvalue weighted by atomic mass is 9.91. The third-order valence-corrected chi connectivity index (χ3v) is 4.58. The molecule has 7 heteroatoms. The van der Waals surface area contributed by atoms with Gasteiger partial charge in [-0.05, 0) is 18.8 Å². The highest BCUT2D eigenvalue weighted by Gasteiger charge is 2.31. The molecule has 1 aliphatic carbocycles. The Bertz CT molecular complexity index is 422. The van der Waals surface area contributed by atoms with E-state index in [4.69, 9.17) is 5.73 Å². The van der Waals surface area contributed by atoms with Crippen molar-refractivity contribution in [1.29, 1.82) is 0 Å². The summed E-state index contributed by atoms with van der Waals surface area (Å²) in [6.07, 6.45) is 8.34. The molecule has 0 aromatic rings. The first-order valence-electron chi connectivity index (χ1n) is 8.82. The summed E-state index contributed by atoms with van der Waals surface area (Å²) in [6, 6.07) is -0.815. The number of ether oxygens (including phenoxy) is 1. The molecule has 1 saturated heterocycles. The zero-order chi connectivity index (χ0) is 17.9. The fraction of sp³-hybridized carbons (Fsp3) is 0.824. The number of esters is 1. The Kier molecular flexibility index (Phi) is 9.37. The maximum absolute atomic E-state index is 11.4. The molecule has 2 fully saturated rings. The standard InChI is InChI=1S/C10H17N3O4.C7H14/c1-17-10(16)7(13-8(14)5-11)4-6-2-3-12-9(6)15;1-7-5-3-2-4-6-7/h6-7H,2-5,11H2,1H3,(H,12,15)(H,13,14);7H,2-6H2,1H3. The number of hydrogen-bond donors (Lipinski definition) is 3. The predicted octanol–water partition coefficient (Wildman–Crippen LogP) is 0.716. The third kappa shape index (κ3) is 7.29. The Labute approximate surface area is 144 Å². The molecule has 1 heterocycles. The van der Waals surface area contributed by atoms with Gasteiger partial charge >= 0.3 is 5.97 Å². The summed E-state index contributed by atoms with van der Waals surface area (Å²) >= 11 is 0. The summed E-state index contributed by atoms with van der Waals surface area (Å²) in [5, 5.41) is 5.12. The van der Waals surface area contributed by atoms with Crippen molar-refractivity contribution in [2.24, 2.45) is 17.6 Å². The summed E-state index contributed by atoms with van der Waals surface area (Å²) < 4.78 is 4.58. The molecule has 2 atom stereocenters. The molecule has 0 aromatic carbocycles. The van der Waals surface area contributed by atoms with Crippen LogP contribution in [0.15, 0.2) is 0 Å². The van der Waals surface area contributed by atoms with Crippen LogP contribution in [-0.4, -0.2) is 44.0 Å². The SMILES string of the molecule is CC1CCCCC1.COC(=O)C(CC1CCNC1=O)NC(=O)CN. The number of carbonyl (C=O) groups excluding carboxylic acids is 3. The number of rotatable bonds is 5. The number of amides is 2. The minimum atomic E-state index is -0.815. The molecule has 2 amide bonds. The summed E-state index contributed by atoms with van der Waals surface area (Å²) in [5.41, 5.74) is 5.15. The Morgan fingerprint density at radius 2 is 1.96 bits per heavy atom. The number of nitrogens with two attached hydrogens (primary N) is 1. The van der Waals surface area contributed by atoms with Gasteiger partial charge in [-0.3, -0.25) is 9.59 Å². The molecule has 0 spiro atoms. The molecule has 1 aliphatic heterocycles. The van der Waals surface area contributed by atoms with Crippen molar-refractivity contribution in [2.45, 2.75) is 57.9 Å². The maximum atomic E-state index is 11.4. The van der Waals surface area contributed by atoms with Gasteiger partial charge in [-0.15, -0.1) is 0 Å². The van der Waals surface area contributed by atoms with Crippen LogP contribution in [0.25, 0.3) is 0 Å². The van der Waals surface area contributed by atoms with Gasteiger partial charge in [-0.2, -0.15) is 0 Å². The fourth-order valence-electron chi connectivity index (χ4n) is 3.07. The van der Waals surface area contributed by atoms with E-state index in [-0.39, 0.29) is 24.8 Å². The minimum absolute atomic E-state index is 0.0964. The first kappa shape index (κ1) is 20.4. The second-order valence-electron chi connectivity index (χ2n) is 6.60. The number of methoxy groups -OCH3 is 1. The van der Waals surface area contributed by atoms with E-state index in [1.54, 1.807) is 0 Å². The molecule has 0 radical (unpaired) electrons. The van der Waals surface area contributed by atoms with Crippen molar-refractivity contribution in [3.63, 3.8) is 0 Å². The van der Waals surface area contributed by atoms with E-state index in [9.17, 15) is 14.4 Å². The zero-order valence-electron chi connectivity index (χ0n) is 14.8. The van der Waals surface area contributed by atoms with Crippen LogP contribution in [0.5, 0.6) is 0 Å². The molecule has 2 aliphatic rings. The molecular weight excluding hydrogens is 310 g/mol. The van der Waals surface area contributed by atoms with E-state index in [0.717, 1.165) is 5.92 Å². The molecule has 138 valence electrons. The van der Waals surface area contributed by atoms with Crippen molar-refractivity contribution < 1.29 is 19.1 Å². The van der Waals surface area contributed by atoms with Crippen LogP contribution in [0.1, 0.15) is 51.9 Å². The number of nitrogens with one attached hydrogen (secondary N) is 2. The quantitative estimate of drug-likeness (QED) is 0.638. The first-order valence-corrected chi connectivity index (χ1v) is 8.82. The van der Waals surface area contributed by atoms with E-state index >= 15 is 0 Å². The highest BCUT2D eigenvalue weighted by atomic mass is 16.5. The van der Waals surface area contributed by atoms with E-state index in [1.807, 2.05) is 0 Å². The summed E-state index contributed by atoms with van der Waals surface area (Å²) in [5.74, 6) is -0.336. The molecule has 2 unspecified atom stereocenters. The van der Waals surface area contributed by atoms with Crippen LogP contribution in [0.2, 0.25) is 0 Å². The fourth-order valence-corrected chi connectivity index (χ4v) is 3.07. The molecule has 1 saturated carbocycles. The normalized spacial score (nSPS) is 22.0. The Hall–Kier alpha value is -1.63. The first-order chi connectivity index (χ1) is 11.5. The molecule has 0 aromatic heterocycles. The van der Waals surface area contributed by atoms with Gasteiger partial charge in [-0.1, -0.05) is 39.0 Å². The molecule has 0 bridgehead atoms. The van der Waals surface area contributed by atoms with Crippen molar-refractivity contribution in [1.82, 2.24) is 10.6 Å². The topological polar surface area (TPSA) is 111 Å². The van der Waals surface area contributed by atoms with Crippen LogP contribution in [0.3, 0.4) is 0 Å². The van der Waals surface area contributed by atoms with Gasteiger partial charge in [0.2, 0.25) is 11.8 Å². The number of carbonyl (C=O) groups is 3. The number of hydrogen-bond acceptors (Lipinski definition) is 5. The Balaban J connectivity index is 0.000000341. The van der Waals surface area contributed by atoms with Gasteiger partial charge < -0.3 is 21.1 Å². The molecule has 7 nitrogen and oxygen atoms in total. The Morgan fingerprint density at radius 1 is 1.29 bits per heavy atom. The largest absolute Gasteiger partial charge is 0.467 e. The lowest BCUT2D eigenvalue weighted by molar-refractivity contribution is -0.145. The average Bonchev–Trinajstić information content (AvgIpc) is 2.99. The highest BCUT2D eigenvalue weighted by molar-refractivity contribution is 5.86. The van der Waals surface area contributed by atoms with Gasteiger partial charge in [0.05, 0.1) is 13.7 Å². The summed E-state index contributed by atoms with van der Waals surface area (Å²) in [6.45, 7) is 2.76. The van der Waals surface area contributed by atoms with Crippen LogP contribution in [0, 0.1) is 11.8 Å². The van der Waals surface area contributed by atoms with Crippen LogP contribution in [-0.2, 0) is 19.1 Å². The van der Waals surface area contributed by atoms with E-state index in [0.29, 0.717) is 13.0 Å². The lowest BCUT2D eigenvalue weighted by Gasteiger charge is -2.18. The van der Waals surface area contributed by atoms with E-state index in [2.05, 4.69) is 22.3 Å². The molecule has 2 rings (SSSR count). The molecule has 24 heavy (non-hydrogen) atoms. The minimum Gasteiger partial charge on any atom is -0.467 e. The van der Waals surface area contributed by atoms with Gasteiger partial charge in [0.1, 0.15) is 6.04 Å². The third-order valence-electron chi connectivity index (χ3n) is 4.58. The summed E-state index contributed by atoms with van der Waals surface area (Å²) in [7, 11) is 1.23. The lowest BCUT2D eigenvalue weighted by Crippen LogP contribution is -2.45. The van der Waals surface area contributed by atoms with Crippen molar-refractivity contribution in [3.8, 4) is 0 Å². The maximum Gasteiger partial charge on any atom is 0.328 e. The van der Waals surface area contributed by atoms with Gasteiger partial charge in [0, 0.05) is 12.5 Å². The summed E-state index contributed by atoms with van der Waals surface area (Å²) in [4.78, 5) is 34.0. The molecular formula is C17H31N3O4. The van der Waals surface area contributed by atoms with Gasteiger partial charge in [-0.25, -0.2) is 4.79 Å². The Morgan fingerprint density at radius 3 is 2.38 bits per heavy atom. The van der Waals surface area contributed by atoms with Crippen molar-refractivity contribution >= 4 is 17.8 Å². The van der Waals surface area contributed by atoms with Gasteiger partial charge in [0.25, 0.3) is 0 Å². The van der Waals surface area contributed by atoms with Crippen molar-refractivity contribution in [3.05, 3.63) is 0 Å². The van der Waals surface area contributed by atoms with Gasteiger partial charge in [0.15, 0.2) is 0 Å². The van der Waals surface area contributed by atoms with E-state index in [1.165, 1.54) is 39.2 Å².